The molecule has 1 rings (SSSR count). The van der Waals surface area contributed by atoms with E-state index in [9.17, 15) is 4.79 Å². The van der Waals surface area contributed by atoms with Gasteiger partial charge in [0.2, 0.25) is 5.91 Å². The number of hydroxylamine groups is 1. The molecule has 1 N–H and O–H groups in total. The summed E-state index contributed by atoms with van der Waals surface area (Å²) in [5.74, 6) is -0.0681. The van der Waals surface area contributed by atoms with Crippen molar-refractivity contribution in [2.75, 3.05) is 13.2 Å². The van der Waals surface area contributed by atoms with E-state index >= 15 is 0 Å². The highest BCUT2D eigenvalue weighted by atomic mass is 16.7. The first-order valence-electron chi connectivity index (χ1n) is 7.32. The first kappa shape index (κ1) is 16.7. The molecular weight excluding hydrogens is 254 g/mol. The van der Waals surface area contributed by atoms with E-state index in [4.69, 9.17) is 9.57 Å². The molecule has 0 radical (unpaired) electrons. The lowest BCUT2D eigenvalue weighted by molar-refractivity contribution is -0.141. The summed E-state index contributed by atoms with van der Waals surface area (Å²) in [6.07, 6.45) is 2.94. The highest BCUT2D eigenvalue weighted by molar-refractivity contribution is 5.74. The van der Waals surface area contributed by atoms with Crippen LogP contribution in [0.1, 0.15) is 38.7 Å². The molecule has 0 saturated heterocycles. The average molecular weight is 279 g/mol. The van der Waals surface area contributed by atoms with Gasteiger partial charge in [-0.15, -0.1) is 0 Å². The molecule has 1 atom stereocenters. The van der Waals surface area contributed by atoms with Crippen LogP contribution in [-0.2, 0) is 20.8 Å². The van der Waals surface area contributed by atoms with Gasteiger partial charge in [0, 0.05) is 19.4 Å². The molecule has 0 spiro atoms. The molecule has 112 valence electrons. The highest BCUT2D eigenvalue weighted by Crippen LogP contribution is 2.06. The van der Waals surface area contributed by atoms with E-state index in [1.165, 1.54) is 5.56 Å². The summed E-state index contributed by atoms with van der Waals surface area (Å²) in [6.45, 7) is 5.11. The Morgan fingerprint density at radius 2 is 2.00 bits per heavy atom. The van der Waals surface area contributed by atoms with Crippen molar-refractivity contribution < 1.29 is 14.4 Å². The molecule has 0 saturated carbocycles. The molecule has 4 nitrogen and oxygen atoms in total. The summed E-state index contributed by atoms with van der Waals surface area (Å²) < 4.78 is 5.40. The third-order valence-corrected chi connectivity index (χ3v) is 2.91. The van der Waals surface area contributed by atoms with Crippen LogP contribution in [0.25, 0.3) is 0 Å². The zero-order chi connectivity index (χ0) is 14.6. The molecule has 1 aromatic carbocycles. The predicted molar refractivity (Wildman–Crippen MR) is 79.2 cm³/mol. The second kappa shape index (κ2) is 10.4. The van der Waals surface area contributed by atoms with Crippen LogP contribution in [0.5, 0.6) is 0 Å². The van der Waals surface area contributed by atoms with Crippen LogP contribution < -0.4 is 5.48 Å². The summed E-state index contributed by atoms with van der Waals surface area (Å²) >= 11 is 0. The van der Waals surface area contributed by atoms with E-state index in [1.807, 2.05) is 37.3 Å². The lowest BCUT2D eigenvalue weighted by Crippen LogP contribution is -2.33. The van der Waals surface area contributed by atoms with Crippen molar-refractivity contribution in [3.8, 4) is 0 Å². The van der Waals surface area contributed by atoms with Gasteiger partial charge < -0.3 is 4.74 Å². The number of amides is 1. The van der Waals surface area contributed by atoms with Crippen molar-refractivity contribution in [3.05, 3.63) is 35.9 Å². The highest BCUT2D eigenvalue weighted by Gasteiger charge is 2.12. The number of hydrogen-bond donors (Lipinski definition) is 1. The maximum Gasteiger partial charge on any atom is 0.243 e. The molecule has 0 aliphatic heterocycles. The van der Waals surface area contributed by atoms with Gasteiger partial charge >= 0.3 is 0 Å². The number of benzene rings is 1. The average Bonchev–Trinajstić information content (AvgIpc) is 2.48. The van der Waals surface area contributed by atoms with Crippen molar-refractivity contribution in [2.45, 2.75) is 45.6 Å². The molecular formula is C16H25NO3. The minimum absolute atomic E-state index is 0.0681. The van der Waals surface area contributed by atoms with Crippen molar-refractivity contribution in [1.29, 1.82) is 0 Å². The second-order valence-electron chi connectivity index (χ2n) is 4.72. The zero-order valence-corrected chi connectivity index (χ0v) is 12.4. The van der Waals surface area contributed by atoms with Crippen LogP contribution in [0.2, 0.25) is 0 Å². The quantitative estimate of drug-likeness (QED) is 0.670. The van der Waals surface area contributed by atoms with E-state index < -0.39 is 0 Å². The SMILES string of the molecule is CCCCC(=O)NOC(COCC)Cc1ccccc1. The Hall–Kier alpha value is -1.39. The second-order valence-corrected chi connectivity index (χ2v) is 4.72. The molecule has 0 fully saturated rings. The molecule has 20 heavy (non-hydrogen) atoms. The van der Waals surface area contributed by atoms with E-state index in [0.717, 1.165) is 19.3 Å². The Labute approximate surface area is 121 Å². The van der Waals surface area contributed by atoms with Crippen molar-refractivity contribution in [2.24, 2.45) is 0 Å². The van der Waals surface area contributed by atoms with Gasteiger partial charge in [-0.25, -0.2) is 5.48 Å². The van der Waals surface area contributed by atoms with Crippen molar-refractivity contribution in [3.63, 3.8) is 0 Å². The molecule has 1 unspecified atom stereocenters. The molecule has 1 aromatic rings. The van der Waals surface area contributed by atoms with Crippen molar-refractivity contribution >= 4 is 5.91 Å². The van der Waals surface area contributed by atoms with Crippen LogP contribution in [-0.4, -0.2) is 25.2 Å². The van der Waals surface area contributed by atoms with E-state index in [-0.39, 0.29) is 12.0 Å². The Balaban J connectivity index is 2.41. The molecule has 0 aromatic heterocycles. The number of rotatable bonds is 10. The fourth-order valence-electron chi connectivity index (χ4n) is 1.80. The van der Waals surface area contributed by atoms with E-state index in [1.54, 1.807) is 0 Å². The molecule has 0 aliphatic carbocycles. The summed E-state index contributed by atoms with van der Waals surface area (Å²) in [6, 6.07) is 10.1. The van der Waals surface area contributed by atoms with E-state index in [0.29, 0.717) is 19.6 Å². The normalized spacial score (nSPS) is 12.1. The Morgan fingerprint density at radius 1 is 1.25 bits per heavy atom. The Bertz CT molecular complexity index is 367. The topological polar surface area (TPSA) is 47.6 Å². The first-order valence-corrected chi connectivity index (χ1v) is 7.32. The van der Waals surface area contributed by atoms with Gasteiger partial charge in [0.1, 0.15) is 6.10 Å². The third kappa shape index (κ3) is 7.26. The van der Waals surface area contributed by atoms with Gasteiger partial charge in [0.15, 0.2) is 0 Å². The van der Waals surface area contributed by atoms with Crippen LogP contribution in [0, 0.1) is 0 Å². The molecule has 0 heterocycles. The summed E-state index contributed by atoms with van der Waals surface area (Å²) in [7, 11) is 0. The number of hydrogen-bond acceptors (Lipinski definition) is 3. The maximum atomic E-state index is 11.6. The number of carbonyl (C=O) groups excluding carboxylic acids is 1. The van der Waals surface area contributed by atoms with Crippen molar-refractivity contribution in [1.82, 2.24) is 5.48 Å². The van der Waals surface area contributed by atoms with Gasteiger partial charge in [0.25, 0.3) is 0 Å². The predicted octanol–water partition coefficient (Wildman–Crippen LogP) is 2.87. The Morgan fingerprint density at radius 3 is 2.65 bits per heavy atom. The van der Waals surface area contributed by atoms with Crippen LogP contribution >= 0.6 is 0 Å². The van der Waals surface area contributed by atoms with Crippen LogP contribution in [0.15, 0.2) is 30.3 Å². The zero-order valence-electron chi connectivity index (χ0n) is 12.4. The lowest BCUT2D eigenvalue weighted by atomic mass is 10.1. The molecule has 4 heteroatoms. The fourth-order valence-corrected chi connectivity index (χ4v) is 1.80. The largest absolute Gasteiger partial charge is 0.379 e. The number of nitrogens with one attached hydrogen (secondary N) is 1. The fraction of sp³-hybridized carbons (Fsp3) is 0.562. The number of unbranched alkanes of at least 4 members (excludes halogenated alkanes) is 1. The van der Waals surface area contributed by atoms with E-state index in [2.05, 4.69) is 12.4 Å². The third-order valence-electron chi connectivity index (χ3n) is 2.91. The minimum atomic E-state index is -0.164. The minimum Gasteiger partial charge on any atom is -0.379 e. The monoisotopic (exact) mass is 279 g/mol. The Kier molecular flexibility index (Phi) is 8.67. The number of ether oxygens (including phenoxy) is 1. The van der Waals surface area contributed by atoms with Gasteiger partial charge in [-0.05, 0) is 18.9 Å². The van der Waals surface area contributed by atoms with Gasteiger partial charge in [-0.1, -0.05) is 43.7 Å². The maximum absolute atomic E-state index is 11.6. The van der Waals surface area contributed by atoms with Gasteiger partial charge in [-0.2, -0.15) is 0 Å². The van der Waals surface area contributed by atoms with Crippen LogP contribution in [0.3, 0.4) is 0 Å². The molecule has 1 amide bonds. The van der Waals surface area contributed by atoms with Gasteiger partial charge in [-0.3, -0.25) is 9.63 Å². The standard InChI is InChI=1S/C16H25NO3/c1-3-5-11-16(18)17-20-15(13-19-4-2)12-14-9-7-6-8-10-14/h6-10,15H,3-5,11-13H2,1-2H3,(H,17,18). The smallest absolute Gasteiger partial charge is 0.243 e. The molecule has 0 bridgehead atoms. The number of carbonyl (C=O) groups is 1. The van der Waals surface area contributed by atoms with Gasteiger partial charge in [0.05, 0.1) is 6.61 Å². The first-order chi connectivity index (χ1) is 9.76. The summed E-state index contributed by atoms with van der Waals surface area (Å²) in [4.78, 5) is 17.0. The lowest BCUT2D eigenvalue weighted by Gasteiger charge is -2.17. The summed E-state index contributed by atoms with van der Waals surface area (Å²) in [5, 5.41) is 0. The summed E-state index contributed by atoms with van der Waals surface area (Å²) in [5.41, 5.74) is 3.69. The van der Waals surface area contributed by atoms with Crippen LogP contribution in [0.4, 0.5) is 0 Å². The molecule has 0 aliphatic rings.